The van der Waals surface area contributed by atoms with Crippen molar-refractivity contribution in [1.82, 2.24) is 15.5 Å². The van der Waals surface area contributed by atoms with Crippen LogP contribution in [0.15, 0.2) is 30.3 Å². The van der Waals surface area contributed by atoms with E-state index in [-0.39, 0.29) is 6.54 Å². The molecule has 1 aliphatic heterocycles. The molecule has 1 unspecified atom stereocenters. The normalized spacial score (nSPS) is 15.5. The van der Waals surface area contributed by atoms with Crippen LogP contribution in [0.2, 0.25) is 0 Å². The van der Waals surface area contributed by atoms with Crippen molar-refractivity contribution in [2.75, 3.05) is 13.1 Å². The number of likely N-dealkylation sites (tertiary alicyclic amines) is 1. The van der Waals surface area contributed by atoms with Gasteiger partial charge in [-0.15, -0.1) is 0 Å². The second-order valence-corrected chi connectivity index (χ2v) is 8.48. The van der Waals surface area contributed by atoms with Gasteiger partial charge in [-0.25, -0.2) is 9.59 Å². The van der Waals surface area contributed by atoms with Gasteiger partial charge >= 0.3 is 18.1 Å². The van der Waals surface area contributed by atoms with Crippen LogP contribution >= 0.6 is 0 Å². The SMILES string of the molecule is CC(OC(=O)C1CCN(C(=O)OC(C)(C)C)CC1)C(=O)NC(=O)NCc1ccccc1. The Hall–Kier alpha value is -3.10. The van der Waals surface area contributed by atoms with Crippen molar-refractivity contribution >= 4 is 24.0 Å². The largest absolute Gasteiger partial charge is 0.452 e. The molecule has 9 nitrogen and oxygen atoms in total. The summed E-state index contributed by atoms with van der Waals surface area (Å²) in [5.41, 5.74) is 0.311. The summed E-state index contributed by atoms with van der Waals surface area (Å²) in [7, 11) is 0. The topological polar surface area (TPSA) is 114 Å². The minimum Gasteiger partial charge on any atom is -0.452 e. The van der Waals surface area contributed by atoms with Gasteiger partial charge in [0, 0.05) is 19.6 Å². The van der Waals surface area contributed by atoms with Crippen molar-refractivity contribution in [2.45, 2.75) is 58.8 Å². The highest BCUT2D eigenvalue weighted by Crippen LogP contribution is 2.21. The molecule has 1 saturated heterocycles. The lowest BCUT2D eigenvalue weighted by molar-refractivity contribution is -0.159. The molecule has 9 heteroatoms. The third kappa shape index (κ3) is 8.27. The number of urea groups is 1. The first kappa shape index (κ1) is 24.2. The van der Waals surface area contributed by atoms with Gasteiger partial charge in [0.05, 0.1) is 5.92 Å². The molecule has 1 aromatic carbocycles. The van der Waals surface area contributed by atoms with Crippen molar-refractivity contribution in [3.8, 4) is 0 Å². The van der Waals surface area contributed by atoms with Crippen LogP contribution in [0, 0.1) is 5.92 Å². The molecular weight excluding hydrogens is 402 g/mol. The number of hydrogen-bond acceptors (Lipinski definition) is 6. The van der Waals surface area contributed by atoms with Crippen LogP contribution in [-0.2, 0) is 25.6 Å². The summed E-state index contributed by atoms with van der Waals surface area (Å²) < 4.78 is 10.6. The van der Waals surface area contributed by atoms with Crippen molar-refractivity contribution in [3.63, 3.8) is 0 Å². The van der Waals surface area contributed by atoms with Gasteiger partial charge in [0.1, 0.15) is 5.60 Å². The van der Waals surface area contributed by atoms with E-state index >= 15 is 0 Å². The molecule has 1 aliphatic rings. The number of amides is 4. The molecular formula is C22H31N3O6. The molecule has 0 spiro atoms. The van der Waals surface area contributed by atoms with Crippen molar-refractivity contribution in [1.29, 1.82) is 0 Å². The minimum absolute atomic E-state index is 0.268. The number of rotatable bonds is 5. The van der Waals surface area contributed by atoms with Crippen molar-refractivity contribution < 1.29 is 28.7 Å². The van der Waals surface area contributed by atoms with Gasteiger partial charge in [0.25, 0.3) is 5.91 Å². The second kappa shape index (κ2) is 10.8. The molecule has 1 fully saturated rings. The van der Waals surface area contributed by atoms with Gasteiger partial charge in [-0.1, -0.05) is 30.3 Å². The first-order valence-corrected chi connectivity index (χ1v) is 10.4. The van der Waals surface area contributed by atoms with E-state index in [0.717, 1.165) is 5.56 Å². The zero-order valence-electron chi connectivity index (χ0n) is 18.5. The van der Waals surface area contributed by atoms with Crippen LogP contribution < -0.4 is 10.6 Å². The Morgan fingerprint density at radius 2 is 1.71 bits per heavy atom. The Balaban J connectivity index is 1.72. The van der Waals surface area contributed by atoms with E-state index in [9.17, 15) is 19.2 Å². The fourth-order valence-corrected chi connectivity index (χ4v) is 2.98. The third-order valence-corrected chi connectivity index (χ3v) is 4.67. The average Bonchev–Trinajstić information content (AvgIpc) is 2.71. The van der Waals surface area contributed by atoms with Gasteiger partial charge in [-0.2, -0.15) is 0 Å². The zero-order valence-corrected chi connectivity index (χ0v) is 18.5. The Labute approximate surface area is 182 Å². The van der Waals surface area contributed by atoms with E-state index in [1.165, 1.54) is 6.92 Å². The van der Waals surface area contributed by atoms with E-state index < -0.39 is 41.6 Å². The fraction of sp³-hybridized carbons (Fsp3) is 0.545. The maximum atomic E-state index is 12.4. The summed E-state index contributed by atoms with van der Waals surface area (Å²) in [6, 6.07) is 8.59. The highest BCUT2D eigenvalue weighted by Gasteiger charge is 2.32. The Kier molecular flexibility index (Phi) is 8.41. The lowest BCUT2D eigenvalue weighted by atomic mass is 9.97. The van der Waals surface area contributed by atoms with Crippen LogP contribution in [0.1, 0.15) is 46.1 Å². The quantitative estimate of drug-likeness (QED) is 0.690. The van der Waals surface area contributed by atoms with E-state index in [4.69, 9.17) is 9.47 Å². The number of piperidine rings is 1. The smallest absolute Gasteiger partial charge is 0.410 e. The molecule has 0 bridgehead atoms. The number of hydrogen-bond donors (Lipinski definition) is 2. The minimum atomic E-state index is -1.11. The lowest BCUT2D eigenvalue weighted by Crippen LogP contribution is -2.46. The lowest BCUT2D eigenvalue weighted by Gasteiger charge is -2.32. The maximum absolute atomic E-state index is 12.4. The predicted molar refractivity (Wildman–Crippen MR) is 113 cm³/mol. The number of ether oxygens (including phenoxy) is 2. The Morgan fingerprint density at radius 1 is 1.10 bits per heavy atom. The maximum Gasteiger partial charge on any atom is 0.410 e. The Morgan fingerprint density at radius 3 is 2.29 bits per heavy atom. The third-order valence-electron chi connectivity index (χ3n) is 4.67. The molecule has 0 saturated carbocycles. The Bertz CT molecular complexity index is 782. The first-order valence-electron chi connectivity index (χ1n) is 10.4. The zero-order chi connectivity index (χ0) is 23.0. The molecule has 0 aromatic heterocycles. The predicted octanol–water partition coefficient (Wildman–Crippen LogP) is 2.59. The summed E-state index contributed by atoms with van der Waals surface area (Å²) in [5.74, 6) is -1.64. The van der Waals surface area contributed by atoms with Crippen LogP contribution in [0.3, 0.4) is 0 Å². The average molecular weight is 434 g/mol. The summed E-state index contributed by atoms with van der Waals surface area (Å²) in [6.07, 6.45) is -0.680. The van der Waals surface area contributed by atoms with Crippen LogP contribution in [0.4, 0.5) is 9.59 Å². The van der Waals surface area contributed by atoms with Gasteiger partial charge in [0.2, 0.25) is 0 Å². The van der Waals surface area contributed by atoms with E-state index in [1.807, 2.05) is 30.3 Å². The molecule has 170 valence electrons. The molecule has 0 aliphatic carbocycles. The summed E-state index contributed by atoms with van der Waals surface area (Å²) in [5, 5.41) is 4.74. The molecule has 1 atom stereocenters. The number of benzene rings is 1. The molecule has 2 rings (SSSR count). The highest BCUT2D eigenvalue weighted by atomic mass is 16.6. The van der Waals surface area contributed by atoms with Gasteiger partial charge in [-0.3, -0.25) is 14.9 Å². The van der Waals surface area contributed by atoms with Gasteiger partial charge in [0.15, 0.2) is 6.10 Å². The van der Waals surface area contributed by atoms with E-state index in [1.54, 1.807) is 25.7 Å². The van der Waals surface area contributed by atoms with Crippen molar-refractivity contribution in [3.05, 3.63) is 35.9 Å². The monoisotopic (exact) mass is 433 g/mol. The molecule has 31 heavy (non-hydrogen) atoms. The number of carbonyl (C=O) groups is 4. The molecule has 2 N–H and O–H groups in total. The van der Waals surface area contributed by atoms with Gasteiger partial charge in [-0.05, 0) is 46.1 Å². The summed E-state index contributed by atoms with van der Waals surface area (Å²) in [6.45, 7) is 7.81. The molecule has 0 radical (unpaired) electrons. The highest BCUT2D eigenvalue weighted by molar-refractivity contribution is 5.97. The van der Waals surface area contributed by atoms with E-state index in [0.29, 0.717) is 25.9 Å². The van der Waals surface area contributed by atoms with Gasteiger partial charge < -0.3 is 19.7 Å². The standard InChI is InChI=1S/C22H31N3O6/c1-15(18(26)24-20(28)23-14-16-8-6-5-7-9-16)30-19(27)17-10-12-25(13-11-17)21(29)31-22(2,3)4/h5-9,15,17H,10-14H2,1-4H3,(H2,23,24,26,28). The second-order valence-electron chi connectivity index (χ2n) is 8.48. The molecule has 1 heterocycles. The number of imide groups is 1. The van der Waals surface area contributed by atoms with Crippen LogP contribution in [0.5, 0.6) is 0 Å². The summed E-state index contributed by atoms with van der Waals surface area (Å²) in [4.78, 5) is 50.1. The number of nitrogens with one attached hydrogen (secondary N) is 2. The first-order chi connectivity index (χ1) is 14.5. The molecule has 1 aromatic rings. The number of carbonyl (C=O) groups excluding carboxylic acids is 4. The molecule has 4 amide bonds. The fourth-order valence-electron chi connectivity index (χ4n) is 2.98. The van der Waals surface area contributed by atoms with Crippen molar-refractivity contribution in [2.24, 2.45) is 5.92 Å². The van der Waals surface area contributed by atoms with Crippen LogP contribution in [0.25, 0.3) is 0 Å². The number of esters is 1. The summed E-state index contributed by atoms with van der Waals surface area (Å²) >= 11 is 0. The van der Waals surface area contributed by atoms with Crippen LogP contribution in [-0.4, -0.2) is 53.7 Å². The number of nitrogens with zero attached hydrogens (tertiary/aromatic N) is 1. The van der Waals surface area contributed by atoms with E-state index in [2.05, 4.69) is 10.6 Å².